The van der Waals surface area contributed by atoms with Gasteiger partial charge in [-0.1, -0.05) is 0 Å². The Labute approximate surface area is 138 Å². The van der Waals surface area contributed by atoms with E-state index in [-0.39, 0.29) is 12.0 Å². The molecule has 0 aliphatic heterocycles. The molecule has 138 valence electrons. The second kappa shape index (κ2) is 5.50. The summed E-state index contributed by atoms with van der Waals surface area (Å²) in [5, 5.41) is 8.45. The van der Waals surface area contributed by atoms with Gasteiger partial charge in [-0.3, -0.25) is 4.55 Å². The molecule has 4 aliphatic rings. The van der Waals surface area contributed by atoms with Gasteiger partial charge in [0.1, 0.15) is 0 Å². The predicted octanol–water partition coefficient (Wildman–Crippen LogP) is 1.52. The van der Waals surface area contributed by atoms with Gasteiger partial charge in [0.2, 0.25) is 0 Å². The van der Waals surface area contributed by atoms with E-state index in [4.69, 9.17) is 4.55 Å². The summed E-state index contributed by atoms with van der Waals surface area (Å²) >= 11 is 0. The molecule has 4 rings (SSSR count). The minimum Gasteiger partial charge on any atom is -0.442 e. The molecule has 4 aliphatic carbocycles. The first-order valence-corrected chi connectivity index (χ1v) is 9.34. The number of amides is 1. The molecule has 2 unspecified atom stereocenters. The highest BCUT2D eigenvalue weighted by molar-refractivity contribution is 7.86. The Morgan fingerprint density at radius 3 is 2.33 bits per heavy atom. The lowest BCUT2D eigenvalue weighted by Crippen LogP contribution is -2.58. The maximum atomic E-state index is 13.0. The molecule has 0 aromatic carbocycles. The summed E-state index contributed by atoms with van der Waals surface area (Å²) in [5.74, 6) is 0.830. The first-order chi connectivity index (χ1) is 10.9. The third-order valence-electron chi connectivity index (χ3n) is 5.51. The van der Waals surface area contributed by atoms with E-state index in [9.17, 15) is 27.1 Å². The Bertz CT molecular complexity index is 623. The van der Waals surface area contributed by atoms with E-state index in [0.29, 0.717) is 18.3 Å². The van der Waals surface area contributed by atoms with Crippen LogP contribution in [0.5, 0.6) is 0 Å². The van der Waals surface area contributed by atoms with Crippen molar-refractivity contribution < 1.29 is 36.4 Å². The number of hydrogen-bond acceptors (Lipinski definition) is 5. The molecule has 10 heteroatoms. The van der Waals surface area contributed by atoms with Crippen LogP contribution in [0.15, 0.2) is 0 Å². The van der Waals surface area contributed by atoms with Gasteiger partial charge in [0.25, 0.3) is 0 Å². The molecule has 4 fully saturated rings. The fourth-order valence-electron chi connectivity index (χ4n) is 5.14. The number of alkyl halides is 2. The fourth-order valence-corrected chi connectivity index (χ4v) is 5.35. The van der Waals surface area contributed by atoms with Crippen LogP contribution in [0.25, 0.3) is 0 Å². The van der Waals surface area contributed by atoms with Crippen LogP contribution in [0.2, 0.25) is 0 Å². The van der Waals surface area contributed by atoms with Crippen LogP contribution in [0.1, 0.15) is 38.5 Å². The average Bonchev–Trinajstić information content (AvgIpc) is 2.39. The Kier molecular flexibility index (Phi) is 4.08. The maximum absolute atomic E-state index is 13.0. The highest BCUT2D eigenvalue weighted by Crippen LogP contribution is 2.61. The smallest absolute Gasteiger partial charge is 0.407 e. The molecule has 0 spiro atoms. The van der Waals surface area contributed by atoms with Crippen molar-refractivity contribution in [2.24, 2.45) is 17.3 Å². The lowest BCUT2D eigenvalue weighted by Gasteiger charge is -2.60. The number of rotatable bonds is 5. The Hall–Kier alpha value is -1.00. The van der Waals surface area contributed by atoms with E-state index in [1.165, 1.54) is 0 Å². The fraction of sp³-hybridized carbons (Fsp3) is 0.929. The van der Waals surface area contributed by atoms with Crippen LogP contribution in [-0.4, -0.2) is 48.2 Å². The summed E-state index contributed by atoms with van der Waals surface area (Å²) < 4.78 is 59.5. The number of hydrogen-bond donors (Lipinski definition) is 3. The van der Waals surface area contributed by atoms with Gasteiger partial charge in [-0.15, -0.1) is 0 Å². The zero-order valence-corrected chi connectivity index (χ0v) is 13.8. The zero-order chi connectivity index (χ0) is 17.8. The minimum absolute atomic E-state index is 0.193. The van der Waals surface area contributed by atoms with E-state index in [1.54, 1.807) is 0 Å². The average molecular weight is 369 g/mol. The molecule has 3 N–H and O–H groups in total. The molecule has 4 saturated carbocycles. The number of alkyl carbamates (subject to hydrolysis) is 1. The Morgan fingerprint density at radius 2 is 1.83 bits per heavy atom. The van der Waals surface area contributed by atoms with Crippen molar-refractivity contribution in [3.8, 4) is 0 Å². The van der Waals surface area contributed by atoms with Crippen LogP contribution in [-0.2, 0) is 14.9 Å². The first kappa shape index (κ1) is 17.8. The molecular weight excluding hydrogens is 348 g/mol. The quantitative estimate of drug-likeness (QED) is 0.634. The Balaban J connectivity index is 1.54. The molecule has 0 radical (unpaired) electrons. The zero-order valence-electron chi connectivity index (χ0n) is 13.0. The number of aliphatic hydroxyl groups is 1. The molecule has 0 aromatic rings. The van der Waals surface area contributed by atoms with E-state index >= 15 is 0 Å². The van der Waals surface area contributed by atoms with E-state index < -0.39 is 33.7 Å². The summed E-state index contributed by atoms with van der Waals surface area (Å²) in [6, 6.07) is 0. The largest absolute Gasteiger partial charge is 0.442 e. The highest BCUT2D eigenvalue weighted by Gasteiger charge is 2.57. The van der Waals surface area contributed by atoms with Gasteiger partial charge in [0.15, 0.2) is 6.61 Å². The van der Waals surface area contributed by atoms with Crippen molar-refractivity contribution in [3.05, 3.63) is 0 Å². The van der Waals surface area contributed by atoms with Crippen molar-refractivity contribution in [2.45, 2.75) is 49.4 Å². The molecule has 0 heterocycles. The van der Waals surface area contributed by atoms with Crippen LogP contribution in [0.3, 0.4) is 0 Å². The molecule has 24 heavy (non-hydrogen) atoms. The number of nitrogens with one attached hydrogen (secondary N) is 1. The SMILES string of the molecule is O=C(NCC12CC3CC(CC(O)(C3)C1)C2)OCC(F)(F)S(=O)(=O)O. The van der Waals surface area contributed by atoms with Gasteiger partial charge in [-0.2, -0.15) is 17.2 Å². The summed E-state index contributed by atoms with van der Waals surface area (Å²) in [6.07, 6.45) is 3.76. The summed E-state index contributed by atoms with van der Waals surface area (Å²) in [5.41, 5.74) is -0.961. The molecule has 1 amide bonds. The third kappa shape index (κ3) is 3.36. The number of carbonyl (C=O) groups is 1. The van der Waals surface area contributed by atoms with Crippen molar-refractivity contribution in [1.82, 2.24) is 5.32 Å². The predicted molar refractivity (Wildman–Crippen MR) is 77.9 cm³/mol. The Morgan fingerprint density at radius 1 is 1.25 bits per heavy atom. The van der Waals surface area contributed by atoms with Gasteiger partial charge in [-0.25, -0.2) is 4.79 Å². The van der Waals surface area contributed by atoms with Gasteiger partial charge in [-0.05, 0) is 55.8 Å². The molecule has 0 aromatic heterocycles. The maximum Gasteiger partial charge on any atom is 0.407 e. The topological polar surface area (TPSA) is 113 Å². The second-order valence-corrected chi connectivity index (χ2v) is 9.27. The lowest BCUT2D eigenvalue weighted by molar-refractivity contribution is -0.161. The van der Waals surface area contributed by atoms with Crippen molar-refractivity contribution in [3.63, 3.8) is 0 Å². The molecule has 4 bridgehead atoms. The standard InChI is InChI=1S/C14H21F2NO6S/c15-14(16,24(20,21)22)8-23-11(18)17-7-12-2-9-1-10(3-12)5-13(19,4-9)6-12/h9-10,19H,1-8H2,(H,17,18)(H,20,21,22). The molecular formula is C14H21F2NO6S. The van der Waals surface area contributed by atoms with E-state index in [1.807, 2.05) is 0 Å². The van der Waals surface area contributed by atoms with Crippen molar-refractivity contribution in [1.29, 1.82) is 0 Å². The molecule has 2 atom stereocenters. The van der Waals surface area contributed by atoms with E-state index in [0.717, 1.165) is 32.1 Å². The lowest BCUT2D eigenvalue weighted by atomic mass is 9.48. The van der Waals surface area contributed by atoms with Crippen molar-refractivity contribution in [2.75, 3.05) is 13.2 Å². The third-order valence-corrected chi connectivity index (χ3v) is 6.38. The summed E-state index contributed by atoms with van der Waals surface area (Å²) in [7, 11) is -5.63. The van der Waals surface area contributed by atoms with E-state index in [2.05, 4.69) is 10.1 Å². The minimum atomic E-state index is -5.63. The van der Waals surface area contributed by atoms with Gasteiger partial charge >= 0.3 is 21.5 Å². The monoisotopic (exact) mass is 369 g/mol. The molecule has 7 nitrogen and oxygen atoms in total. The number of ether oxygens (including phenoxy) is 1. The number of carbonyl (C=O) groups excluding carboxylic acids is 1. The molecule has 0 saturated heterocycles. The normalized spacial score (nSPS) is 38.2. The van der Waals surface area contributed by atoms with Crippen molar-refractivity contribution >= 4 is 16.2 Å². The first-order valence-electron chi connectivity index (χ1n) is 7.90. The second-order valence-electron chi connectivity index (χ2n) is 7.73. The van der Waals surface area contributed by atoms with Crippen LogP contribution < -0.4 is 5.32 Å². The highest BCUT2D eigenvalue weighted by atomic mass is 32.2. The summed E-state index contributed by atoms with van der Waals surface area (Å²) in [4.78, 5) is 11.6. The van der Waals surface area contributed by atoms with Gasteiger partial charge < -0.3 is 15.2 Å². The number of halogens is 2. The van der Waals surface area contributed by atoms with Crippen LogP contribution in [0, 0.1) is 17.3 Å². The summed E-state index contributed by atoms with van der Waals surface area (Å²) in [6.45, 7) is -1.56. The van der Waals surface area contributed by atoms with Gasteiger partial charge in [0, 0.05) is 6.54 Å². The van der Waals surface area contributed by atoms with Crippen LogP contribution >= 0.6 is 0 Å². The van der Waals surface area contributed by atoms with Gasteiger partial charge in [0.05, 0.1) is 5.60 Å². The van der Waals surface area contributed by atoms with Crippen LogP contribution in [0.4, 0.5) is 13.6 Å².